The number of amides is 1. The molecule has 1 unspecified atom stereocenters. The molecule has 0 heterocycles. The van der Waals surface area contributed by atoms with Crippen molar-refractivity contribution in [2.24, 2.45) is 0 Å². The van der Waals surface area contributed by atoms with Crippen LogP contribution in [0.25, 0.3) is 6.08 Å². The summed E-state index contributed by atoms with van der Waals surface area (Å²) in [5, 5.41) is -0.571. The molecule has 1 atom stereocenters. The number of carbonyl (C=O) groups excluding carboxylic acids is 1. The summed E-state index contributed by atoms with van der Waals surface area (Å²) >= 11 is 24.2. The van der Waals surface area contributed by atoms with Gasteiger partial charge in [-0.15, -0.1) is 0 Å². The van der Waals surface area contributed by atoms with E-state index in [2.05, 4.69) is 28.1 Å². The van der Waals surface area contributed by atoms with Crippen molar-refractivity contribution in [3.63, 3.8) is 0 Å². The average Bonchev–Trinajstić information content (AvgIpc) is 2.79. The van der Waals surface area contributed by atoms with Gasteiger partial charge in [0.2, 0.25) is 0 Å². The van der Waals surface area contributed by atoms with Gasteiger partial charge >= 0.3 is 24.2 Å². The molecule has 2 aromatic rings. The molecule has 2 aromatic carbocycles. The maximum atomic E-state index is 13.7. The second-order valence-corrected chi connectivity index (χ2v) is 9.93. The van der Waals surface area contributed by atoms with Gasteiger partial charge in [0.25, 0.3) is 5.91 Å². The SMILES string of the molecule is O=C(NNC(=S)C(F)(F)C(F)(F)C(F)(F)F)c1ccc(/C=C/C(c2cc(Cl)c(Cl)c(Cl)c2)C(F)(F)F)cc1Br. The van der Waals surface area contributed by atoms with Crippen molar-refractivity contribution in [1.82, 2.24) is 10.9 Å². The molecule has 0 saturated heterocycles. The predicted octanol–water partition coefficient (Wildman–Crippen LogP) is 9.16. The van der Waals surface area contributed by atoms with Gasteiger partial charge < -0.3 is 0 Å². The molecule has 2 N–H and O–H groups in total. The highest BCUT2D eigenvalue weighted by molar-refractivity contribution is 9.10. The van der Waals surface area contributed by atoms with E-state index in [1.165, 1.54) is 5.43 Å². The topological polar surface area (TPSA) is 41.1 Å². The summed E-state index contributed by atoms with van der Waals surface area (Å²) in [6, 6.07) is 5.20. The lowest BCUT2D eigenvalue weighted by atomic mass is 9.97. The second kappa shape index (κ2) is 12.0. The molecular formula is C21H10BrCl3F10N2OS. The van der Waals surface area contributed by atoms with E-state index in [0.717, 1.165) is 47.9 Å². The molecule has 0 aliphatic rings. The molecule has 18 heteroatoms. The molecule has 0 aromatic heterocycles. The van der Waals surface area contributed by atoms with E-state index in [0.29, 0.717) is 0 Å². The predicted molar refractivity (Wildman–Crippen MR) is 133 cm³/mol. The van der Waals surface area contributed by atoms with Gasteiger partial charge in [-0.2, -0.15) is 43.9 Å². The highest BCUT2D eigenvalue weighted by atomic mass is 79.9. The molecule has 2 rings (SSSR count). The second-order valence-electron chi connectivity index (χ2n) is 7.47. The third-order valence-electron chi connectivity index (χ3n) is 4.76. The number of hydrogen-bond donors (Lipinski definition) is 2. The Labute approximate surface area is 241 Å². The van der Waals surface area contributed by atoms with Crippen LogP contribution in [-0.4, -0.2) is 35.1 Å². The minimum Gasteiger partial charge on any atom is -0.286 e. The highest BCUT2D eigenvalue weighted by Crippen LogP contribution is 2.47. The van der Waals surface area contributed by atoms with Crippen LogP contribution < -0.4 is 10.9 Å². The number of carbonyl (C=O) groups is 1. The zero-order valence-corrected chi connectivity index (χ0v) is 22.9. The molecular weight excluding hydrogens is 705 g/mol. The van der Waals surface area contributed by atoms with E-state index in [1.807, 2.05) is 0 Å². The van der Waals surface area contributed by atoms with Gasteiger partial charge in [0.1, 0.15) is 0 Å². The number of alkyl halides is 10. The summed E-state index contributed by atoms with van der Waals surface area (Å²) in [5.41, 5.74) is 1.98. The number of hydrogen-bond acceptors (Lipinski definition) is 2. The summed E-state index contributed by atoms with van der Waals surface area (Å²) in [6.07, 6.45) is -9.66. The quantitative estimate of drug-likeness (QED) is 0.136. The monoisotopic (exact) mass is 712 g/mol. The number of nitrogens with one attached hydrogen (secondary N) is 2. The Morgan fingerprint density at radius 1 is 0.897 bits per heavy atom. The normalized spacial score (nSPS) is 13.9. The lowest BCUT2D eigenvalue weighted by Crippen LogP contribution is -2.61. The Hall–Kier alpha value is -1.81. The number of halogens is 14. The molecule has 0 fully saturated rings. The standard InChI is InChI=1S/C21H10BrCl3F10N2OS/c22-12-5-8(2-4-11(19(28,29)30)9-6-13(23)15(25)14(24)7-9)1-3-10(12)16(38)36-37-17(39)18(26,27)20(31,32)21(33,34)35/h1-7,11H,(H,36,38)(H,37,39)/b4-2+. The number of allylic oxidation sites excluding steroid dienone is 1. The van der Waals surface area contributed by atoms with Gasteiger partial charge in [-0.25, -0.2) is 0 Å². The Morgan fingerprint density at radius 2 is 1.44 bits per heavy atom. The smallest absolute Gasteiger partial charge is 0.286 e. The van der Waals surface area contributed by atoms with Crippen molar-refractivity contribution in [3.05, 3.63) is 72.6 Å². The van der Waals surface area contributed by atoms with Crippen molar-refractivity contribution in [2.45, 2.75) is 30.1 Å². The number of benzene rings is 2. The van der Waals surface area contributed by atoms with E-state index >= 15 is 0 Å². The van der Waals surface area contributed by atoms with E-state index in [1.54, 1.807) is 0 Å². The lowest BCUT2D eigenvalue weighted by Gasteiger charge is -2.28. The summed E-state index contributed by atoms with van der Waals surface area (Å²) in [5.74, 6) is -16.0. The van der Waals surface area contributed by atoms with Crippen LogP contribution in [0.4, 0.5) is 43.9 Å². The minimum atomic E-state index is -6.64. The van der Waals surface area contributed by atoms with Crippen LogP contribution in [0.2, 0.25) is 15.1 Å². The van der Waals surface area contributed by atoms with E-state index in [4.69, 9.17) is 34.8 Å². The first-order chi connectivity index (χ1) is 17.6. The van der Waals surface area contributed by atoms with Crippen LogP contribution in [0.1, 0.15) is 27.4 Å². The van der Waals surface area contributed by atoms with Gasteiger partial charge in [0, 0.05) is 4.47 Å². The molecule has 214 valence electrons. The van der Waals surface area contributed by atoms with Crippen LogP contribution in [0.15, 0.2) is 40.9 Å². The maximum absolute atomic E-state index is 13.7. The van der Waals surface area contributed by atoms with Crippen molar-refractivity contribution >= 4 is 79.9 Å². The molecule has 0 bridgehead atoms. The first kappa shape index (κ1) is 33.4. The van der Waals surface area contributed by atoms with Crippen LogP contribution >= 0.6 is 63.0 Å². The molecule has 0 aliphatic carbocycles. The van der Waals surface area contributed by atoms with Crippen LogP contribution in [0.5, 0.6) is 0 Å². The lowest BCUT2D eigenvalue weighted by molar-refractivity contribution is -0.336. The van der Waals surface area contributed by atoms with Gasteiger partial charge in [0.15, 0.2) is 4.99 Å². The Kier molecular flexibility index (Phi) is 10.2. The van der Waals surface area contributed by atoms with Crippen LogP contribution in [0.3, 0.4) is 0 Å². The maximum Gasteiger partial charge on any atom is 0.460 e. The van der Waals surface area contributed by atoms with Crippen molar-refractivity contribution < 1.29 is 48.7 Å². The zero-order chi connectivity index (χ0) is 30.1. The van der Waals surface area contributed by atoms with Crippen LogP contribution in [0, 0.1) is 0 Å². The molecule has 1 amide bonds. The van der Waals surface area contributed by atoms with Gasteiger partial charge in [-0.05, 0) is 51.3 Å². The van der Waals surface area contributed by atoms with Crippen molar-refractivity contribution in [1.29, 1.82) is 0 Å². The molecule has 0 aliphatic heterocycles. The van der Waals surface area contributed by atoms with E-state index in [-0.39, 0.29) is 36.2 Å². The molecule has 0 saturated carbocycles. The fourth-order valence-corrected chi connectivity index (χ4v) is 4.14. The molecule has 3 nitrogen and oxygen atoms in total. The number of rotatable bonds is 6. The largest absolute Gasteiger partial charge is 0.460 e. The summed E-state index contributed by atoms with van der Waals surface area (Å²) in [4.78, 5) is 9.88. The Morgan fingerprint density at radius 3 is 1.90 bits per heavy atom. The number of hydrazine groups is 1. The van der Waals surface area contributed by atoms with E-state index in [9.17, 15) is 48.7 Å². The van der Waals surface area contributed by atoms with Gasteiger partial charge in [0.05, 0.1) is 26.5 Å². The highest BCUT2D eigenvalue weighted by Gasteiger charge is 2.74. The fraction of sp³-hybridized carbons (Fsp3) is 0.238. The Balaban J connectivity index is 2.22. The molecule has 0 spiro atoms. The molecule has 0 radical (unpaired) electrons. The van der Waals surface area contributed by atoms with Gasteiger partial charge in [-0.1, -0.05) is 65.2 Å². The fourth-order valence-electron chi connectivity index (χ4n) is 2.77. The summed E-state index contributed by atoms with van der Waals surface area (Å²) in [6.45, 7) is 0. The molecule has 39 heavy (non-hydrogen) atoms. The first-order valence-corrected chi connectivity index (χ1v) is 12.1. The van der Waals surface area contributed by atoms with E-state index < -0.39 is 41.0 Å². The third-order valence-corrected chi connectivity index (χ3v) is 6.97. The van der Waals surface area contributed by atoms with Crippen molar-refractivity contribution in [2.75, 3.05) is 0 Å². The first-order valence-electron chi connectivity index (χ1n) is 9.73. The minimum absolute atomic E-state index is 0.0960. The Bertz CT molecular complexity index is 1280. The van der Waals surface area contributed by atoms with Gasteiger partial charge in [-0.3, -0.25) is 15.6 Å². The summed E-state index contributed by atoms with van der Waals surface area (Å²) in [7, 11) is 0. The average molecular weight is 715 g/mol. The zero-order valence-electron chi connectivity index (χ0n) is 18.2. The third kappa shape index (κ3) is 7.48. The van der Waals surface area contributed by atoms with Crippen LogP contribution in [-0.2, 0) is 0 Å². The number of thiocarbonyl (C=S) groups is 1. The van der Waals surface area contributed by atoms with Crippen molar-refractivity contribution in [3.8, 4) is 0 Å². The summed E-state index contributed by atoms with van der Waals surface area (Å²) < 4.78 is 131.